The van der Waals surface area contributed by atoms with Crippen LogP contribution in [0.5, 0.6) is 0 Å². The maximum absolute atomic E-state index is 12.9. The molecule has 2 aromatic heterocycles. The molecule has 2 aliphatic heterocycles. The van der Waals surface area contributed by atoms with Crippen molar-refractivity contribution in [2.75, 3.05) is 20.1 Å². The SMILES string of the molecule is CN1C[C@@H]2C[C@H]1CN2C(=O)c1n[nH]c2cc(-c3ncco3)ccc12. The molecule has 24 heavy (non-hydrogen) atoms. The Morgan fingerprint density at radius 2 is 2.25 bits per heavy atom. The van der Waals surface area contributed by atoms with Gasteiger partial charge in [-0.3, -0.25) is 14.8 Å². The number of amides is 1. The Labute approximate surface area is 138 Å². The number of H-pyrrole nitrogens is 1. The highest BCUT2D eigenvalue weighted by molar-refractivity contribution is 6.05. The van der Waals surface area contributed by atoms with E-state index in [4.69, 9.17) is 4.42 Å². The molecule has 2 bridgehead atoms. The summed E-state index contributed by atoms with van der Waals surface area (Å²) in [6.45, 7) is 1.75. The number of piperazine rings is 1. The smallest absolute Gasteiger partial charge is 0.275 e. The number of aromatic nitrogens is 3. The van der Waals surface area contributed by atoms with Gasteiger partial charge < -0.3 is 9.32 Å². The summed E-state index contributed by atoms with van der Waals surface area (Å²) in [6.07, 6.45) is 4.22. The fourth-order valence-corrected chi connectivity index (χ4v) is 3.93. The Kier molecular flexibility index (Phi) is 2.81. The van der Waals surface area contributed by atoms with Crippen molar-refractivity contribution in [1.82, 2.24) is 25.0 Å². The van der Waals surface area contributed by atoms with E-state index in [9.17, 15) is 4.79 Å². The number of oxazole rings is 1. The molecule has 2 atom stereocenters. The predicted molar refractivity (Wildman–Crippen MR) is 87.5 cm³/mol. The zero-order chi connectivity index (χ0) is 16.3. The Morgan fingerprint density at radius 1 is 1.33 bits per heavy atom. The number of fused-ring (bicyclic) bond motifs is 3. The molecule has 0 aliphatic carbocycles. The monoisotopic (exact) mass is 323 g/mol. The molecule has 1 amide bonds. The average molecular weight is 323 g/mol. The molecule has 0 spiro atoms. The van der Waals surface area contributed by atoms with Crippen LogP contribution < -0.4 is 0 Å². The highest BCUT2D eigenvalue weighted by Crippen LogP contribution is 2.32. The summed E-state index contributed by atoms with van der Waals surface area (Å²) in [4.78, 5) is 21.4. The maximum atomic E-state index is 12.9. The Morgan fingerprint density at radius 3 is 2.96 bits per heavy atom. The first-order valence-electron chi connectivity index (χ1n) is 8.10. The van der Waals surface area contributed by atoms with Gasteiger partial charge in [0.25, 0.3) is 5.91 Å². The number of nitrogens with one attached hydrogen (secondary N) is 1. The molecule has 3 aromatic rings. The van der Waals surface area contributed by atoms with Gasteiger partial charge in [-0.15, -0.1) is 0 Å². The number of likely N-dealkylation sites (N-methyl/N-ethyl adjacent to an activating group) is 1. The molecule has 7 heteroatoms. The lowest BCUT2D eigenvalue weighted by molar-refractivity contribution is 0.0646. The summed E-state index contributed by atoms with van der Waals surface area (Å²) in [6, 6.07) is 6.53. The van der Waals surface area contributed by atoms with Gasteiger partial charge in [-0.05, 0) is 31.7 Å². The first kappa shape index (κ1) is 13.7. The molecule has 4 heterocycles. The quantitative estimate of drug-likeness (QED) is 0.777. The molecule has 1 N–H and O–H groups in total. The van der Waals surface area contributed by atoms with Crippen LogP contribution in [0.15, 0.2) is 35.1 Å². The zero-order valence-electron chi connectivity index (χ0n) is 13.3. The third-order valence-electron chi connectivity index (χ3n) is 5.22. The molecule has 1 aromatic carbocycles. The molecule has 122 valence electrons. The maximum Gasteiger partial charge on any atom is 0.275 e. The van der Waals surface area contributed by atoms with Crippen LogP contribution in [-0.2, 0) is 0 Å². The van der Waals surface area contributed by atoms with Gasteiger partial charge in [-0.25, -0.2) is 4.98 Å². The number of nitrogens with zero attached hydrogens (tertiary/aromatic N) is 4. The number of likely N-dealkylation sites (tertiary alicyclic amines) is 2. The minimum Gasteiger partial charge on any atom is -0.445 e. The summed E-state index contributed by atoms with van der Waals surface area (Å²) in [5.41, 5.74) is 2.17. The van der Waals surface area contributed by atoms with Gasteiger partial charge in [0.1, 0.15) is 6.26 Å². The molecular weight excluding hydrogens is 306 g/mol. The number of carbonyl (C=O) groups is 1. The van der Waals surface area contributed by atoms with E-state index in [0.717, 1.165) is 36.0 Å². The summed E-state index contributed by atoms with van der Waals surface area (Å²) in [5, 5.41) is 8.09. The van der Waals surface area contributed by atoms with Gasteiger partial charge in [0.05, 0.1) is 11.7 Å². The Balaban J connectivity index is 1.48. The van der Waals surface area contributed by atoms with Crippen molar-refractivity contribution in [3.05, 3.63) is 36.4 Å². The van der Waals surface area contributed by atoms with Crippen LogP contribution in [-0.4, -0.2) is 63.1 Å². The first-order valence-corrected chi connectivity index (χ1v) is 8.10. The Bertz CT molecular complexity index is 914. The topological polar surface area (TPSA) is 78.3 Å². The summed E-state index contributed by atoms with van der Waals surface area (Å²) in [5.74, 6) is 0.574. The molecule has 0 radical (unpaired) electrons. The second kappa shape index (κ2) is 4.91. The lowest BCUT2D eigenvalue weighted by atomic mass is 10.1. The number of benzene rings is 1. The standard InChI is InChI=1S/C17H17N5O2/c1-21-8-12-7-11(21)9-22(12)17(23)15-13-3-2-10(6-14(13)19-20-15)16-18-4-5-24-16/h2-6,11-12H,7-9H2,1H3,(H,19,20)/t11-,12-/m0/s1. The van der Waals surface area contributed by atoms with Crippen LogP contribution in [0.3, 0.4) is 0 Å². The number of carbonyl (C=O) groups excluding carboxylic acids is 1. The fraction of sp³-hybridized carbons (Fsp3) is 0.353. The van der Waals surface area contributed by atoms with Crippen molar-refractivity contribution in [1.29, 1.82) is 0 Å². The highest BCUT2D eigenvalue weighted by atomic mass is 16.3. The van der Waals surface area contributed by atoms with Gasteiger partial charge in [0.2, 0.25) is 5.89 Å². The molecule has 5 rings (SSSR count). The highest BCUT2D eigenvalue weighted by Gasteiger charge is 2.44. The van der Waals surface area contributed by atoms with Crippen LogP contribution in [0, 0.1) is 0 Å². The summed E-state index contributed by atoms with van der Waals surface area (Å²) < 4.78 is 5.32. The van der Waals surface area contributed by atoms with E-state index in [2.05, 4.69) is 27.1 Å². The lowest BCUT2D eigenvalue weighted by Crippen LogP contribution is -2.47. The van der Waals surface area contributed by atoms with Crippen LogP contribution in [0.1, 0.15) is 16.9 Å². The largest absolute Gasteiger partial charge is 0.445 e. The summed E-state index contributed by atoms with van der Waals surface area (Å²) >= 11 is 0. The number of aromatic amines is 1. The number of hydrogen-bond acceptors (Lipinski definition) is 5. The normalized spacial score (nSPS) is 23.5. The van der Waals surface area contributed by atoms with E-state index in [1.807, 2.05) is 23.1 Å². The fourth-order valence-electron chi connectivity index (χ4n) is 3.93. The molecule has 0 unspecified atom stereocenters. The van der Waals surface area contributed by atoms with Crippen LogP contribution in [0.4, 0.5) is 0 Å². The first-order chi connectivity index (χ1) is 11.7. The van der Waals surface area contributed by atoms with Gasteiger partial charge in [0, 0.05) is 36.1 Å². The van der Waals surface area contributed by atoms with Crippen molar-refractivity contribution in [2.45, 2.75) is 18.5 Å². The van der Waals surface area contributed by atoms with Gasteiger partial charge in [-0.1, -0.05) is 0 Å². The molecule has 2 fully saturated rings. The third-order valence-corrected chi connectivity index (χ3v) is 5.22. The van der Waals surface area contributed by atoms with E-state index in [-0.39, 0.29) is 5.91 Å². The van der Waals surface area contributed by atoms with E-state index in [1.165, 1.54) is 0 Å². The van der Waals surface area contributed by atoms with E-state index < -0.39 is 0 Å². The van der Waals surface area contributed by atoms with E-state index >= 15 is 0 Å². The predicted octanol–water partition coefficient (Wildman–Crippen LogP) is 1.75. The third kappa shape index (κ3) is 1.91. The van der Waals surface area contributed by atoms with Gasteiger partial charge >= 0.3 is 0 Å². The van der Waals surface area contributed by atoms with E-state index in [0.29, 0.717) is 23.7 Å². The van der Waals surface area contributed by atoms with Crippen LogP contribution in [0.25, 0.3) is 22.4 Å². The number of rotatable bonds is 2. The van der Waals surface area contributed by atoms with Crippen molar-refractivity contribution in [3.63, 3.8) is 0 Å². The van der Waals surface area contributed by atoms with E-state index in [1.54, 1.807) is 12.5 Å². The second-order valence-corrected chi connectivity index (χ2v) is 6.61. The molecule has 0 saturated carbocycles. The van der Waals surface area contributed by atoms with Crippen LogP contribution >= 0.6 is 0 Å². The second-order valence-electron chi connectivity index (χ2n) is 6.61. The van der Waals surface area contributed by atoms with Crippen molar-refractivity contribution >= 4 is 16.8 Å². The van der Waals surface area contributed by atoms with Crippen molar-refractivity contribution in [3.8, 4) is 11.5 Å². The molecule has 7 nitrogen and oxygen atoms in total. The molecule has 2 saturated heterocycles. The van der Waals surface area contributed by atoms with Gasteiger partial charge in [-0.2, -0.15) is 5.10 Å². The summed E-state index contributed by atoms with van der Waals surface area (Å²) in [7, 11) is 2.13. The van der Waals surface area contributed by atoms with Crippen LogP contribution in [0.2, 0.25) is 0 Å². The number of hydrogen-bond donors (Lipinski definition) is 1. The average Bonchev–Trinajstić information content (AvgIpc) is 3.35. The van der Waals surface area contributed by atoms with Crippen molar-refractivity contribution < 1.29 is 9.21 Å². The molecule has 2 aliphatic rings. The lowest BCUT2D eigenvalue weighted by Gasteiger charge is -2.31. The van der Waals surface area contributed by atoms with Crippen molar-refractivity contribution in [2.24, 2.45) is 0 Å². The minimum atomic E-state index is 0.0192. The van der Waals surface area contributed by atoms with Gasteiger partial charge in [0.15, 0.2) is 5.69 Å². The zero-order valence-corrected chi connectivity index (χ0v) is 13.3. The minimum absolute atomic E-state index is 0.0192. The Hall–Kier alpha value is -2.67. The molecular formula is C17H17N5O2.